The maximum atomic E-state index is 11.9. The molecule has 19 heavy (non-hydrogen) atoms. The second kappa shape index (κ2) is 6.06. The van der Waals surface area contributed by atoms with E-state index < -0.39 is 0 Å². The summed E-state index contributed by atoms with van der Waals surface area (Å²) >= 11 is 3.19. The highest BCUT2D eigenvalue weighted by molar-refractivity contribution is 9.10. The summed E-state index contributed by atoms with van der Waals surface area (Å²) in [6.07, 6.45) is 3.71. The maximum Gasteiger partial charge on any atom is 0.310 e. The van der Waals surface area contributed by atoms with Crippen molar-refractivity contribution < 1.29 is 18.7 Å². The van der Waals surface area contributed by atoms with E-state index in [0.29, 0.717) is 29.9 Å². The minimum absolute atomic E-state index is 0.126. The number of likely N-dealkylation sites (tertiary alicyclic amines) is 1. The number of hydrogen-bond donors (Lipinski definition) is 0. The summed E-state index contributed by atoms with van der Waals surface area (Å²) < 4.78 is 10.6. The quantitative estimate of drug-likeness (QED) is 0.630. The Balaban J connectivity index is 1.91. The van der Waals surface area contributed by atoms with Gasteiger partial charge in [-0.05, 0) is 40.6 Å². The van der Waals surface area contributed by atoms with E-state index in [2.05, 4.69) is 20.7 Å². The van der Waals surface area contributed by atoms with Crippen molar-refractivity contribution in [2.24, 2.45) is 5.92 Å². The van der Waals surface area contributed by atoms with E-state index in [1.807, 2.05) is 0 Å². The molecule has 1 aliphatic heterocycles. The highest BCUT2D eigenvalue weighted by atomic mass is 79.9. The minimum Gasteiger partial charge on any atom is -0.469 e. The van der Waals surface area contributed by atoms with Crippen LogP contribution in [0.2, 0.25) is 0 Å². The number of halogens is 1. The molecule has 0 aromatic carbocycles. The average Bonchev–Trinajstić information content (AvgIpc) is 3.04. The Morgan fingerprint density at radius 2 is 2.32 bits per heavy atom. The van der Waals surface area contributed by atoms with Gasteiger partial charge in [0, 0.05) is 19.2 Å². The molecule has 1 amide bonds. The molecule has 1 saturated heterocycles. The summed E-state index contributed by atoms with van der Waals surface area (Å²) in [5.41, 5.74) is 0. The molecule has 0 spiro atoms. The molecule has 1 fully saturated rings. The van der Waals surface area contributed by atoms with Gasteiger partial charge in [0.1, 0.15) is 5.76 Å². The number of amides is 1. The first-order chi connectivity index (χ1) is 9.10. The highest BCUT2D eigenvalue weighted by Crippen LogP contribution is 2.19. The largest absolute Gasteiger partial charge is 0.469 e. The van der Waals surface area contributed by atoms with Crippen molar-refractivity contribution in [2.75, 3.05) is 20.2 Å². The van der Waals surface area contributed by atoms with E-state index in [0.717, 1.165) is 0 Å². The lowest BCUT2D eigenvalue weighted by atomic mass is 10.1. The molecule has 0 radical (unpaired) electrons. The standard InChI is InChI=1S/C13H14BrNO4/c1-18-13(17)9-6-7-15(8-9)12(16)5-3-10-2-4-11(14)19-10/h2-5,9H,6-8H2,1H3. The van der Waals surface area contributed by atoms with Crippen LogP contribution in [0.3, 0.4) is 0 Å². The van der Waals surface area contributed by atoms with Gasteiger partial charge >= 0.3 is 5.97 Å². The summed E-state index contributed by atoms with van der Waals surface area (Å²) in [4.78, 5) is 24.9. The number of carbonyl (C=O) groups excluding carboxylic acids is 2. The Labute approximate surface area is 119 Å². The zero-order valence-corrected chi connectivity index (χ0v) is 12.1. The van der Waals surface area contributed by atoms with Crippen LogP contribution in [0.25, 0.3) is 6.08 Å². The van der Waals surface area contributed by atoms with Crippen LogP contribution in [0.4, 0.5) is 0 Å². The number of ether oxygens (including phenoxy) is 1. The van der Waals surface area contributed by atoms with E-state index >= 15 is 0 Å². The first kappa shape index (κ1) is 13.9. The van der Waals surface area contributed by atoms with E-state index in [1.54, 1.807) is 23.1 Å². The highest BCUT2D eigenvalue weighted by Gasteiger charge is 2.30. The fourth-order valence-corrected chi connectivity index (χ4v) is 2.32. The SMILES string of the molecule is COC(=O)C1CCN(C(=O)C=Cc2ccc(Br)o2)C1. The molecule has 2 heterocycles. The predicted octanol–water partition coefficient (Wildman–Crippen LogP) is 2.08. The lowest BCUT2D eigenvalue weighted by Crippen LogP contribution is -2.28. The van der Waals surface area contributed by atoms with Crippen molar-refractivity contribution in [1.29, 1.82) is 0 Å². The van der Waals surface area contributed by atoms with Crippen LogP contribution in [0.5, 0.6) is 0 Å². The lowest BCUT2D eigenvalue weighted by molar-refractivity contribution is -0.145. The number of nitrogens with zero attached hydrogens (tertiary/aromatic N) is 1. The molecule has 0 N–H and O–H groups in total. The van der Waals surface area contributed by atoms with Crippen molar-refractivity contribution in [2.45, 2.75) is 6.42 Å². The lowest BCUT2D eigenvalue weighted by Gasteiger charge is -2.13. The number of rotatable bonds is 3. The van der Waals surface area contributed by atoms with Gasteiger partial charge < -0.3 is 14.1 Å². The molecule has 1 aliphatic rings. The topological polar surface area (TPSA) is 59.8 Å². The fraction of sp³-hybridized carbons (Fsp3) is 0.385. The Bertz CT molecular complexity index is 508. The molecule has 6 heteroatoms. The van der Waals surface area contributed by atoms with E-state index in [9.17, 15) is 9.59 Å². The van der Waals surface area contributed by atoms with E-state index in [1.165, 1.54) is 13.2 Å². The van der Waals surface area contributed by atoms with Gasteiger partial charge in [-0.25, -0.2) is 0 Å². The van der Waals surface area contributed by atoms with E-state index in [4.69, 9.17) is 4.42 Å². The van der Waals surface area contributed by atoms with Crippen LogP contribution < -0.4 is 0 Å². The predicted molar refractivity (Wildman–Crippen MR) is 72.1 cm³/mol. The van der Waals surface area contributed by atoms with Crippen LogP contribution in [0.1, 0.15) is 12.2 Å². The molecule has 1 aromatic rings. The number of carbonyl (C=O) groups is 2. The third-order valence-corrected chi connectivity index (χ3v) is 3.44. The van der Waals surface area contributed by atoms with Crippen molar-refractivity contribution in [3.63, 3.8) is 0 Å². The van der Waals surface area contributed by atoms with Crippen molar-refractivity contribution >= 4 is 33.9 Å². The third-order valence-electron chi connectivity index (χ3n) is 3.02. The molecular weight excluding hydrogens is 314 g/mol. The molecule has 0 bridgehead atoms. The Morgan fingerprint density at radius 3 is 2.95 bits per heavy atom. The molecule has 1 aromatic heterocycles. The van der Waals surface area contributed by atoms with Crippen molar-refractivity contribution in [1.82, 2.24) is 4.90 Å². The first-order valence-electron chi connectivity index (χ1n) is 5.90. The van der Waals surface area contributed by atoms with Gasteiger partial charge in [-0.15, -0.1) is 0 Å². The zero-order chi connectivity index (χ0) is 13.8. The molecule has 1 atom stereocenters. The van der Waals surface area contributed by atoms with Gasteiger partial charge in [0.15, 0.2) is 4.67 Å². The molecule has 0 saturated carbocycles. The van der Waals surface area contributed by atoms with Crippen molar-refractivity contribution in [3.05, 3.63) is 28.6 Å². The second-order valence-corrected chi connectivity index (χ2v) is 5.05. The number of furan rings is 1. The summed E-state index contributed by atoms with van der Waals surface area (Å²) in [5.74, 6) is 0.0113. The smallest absolute Gasteiger partial charge is 0.310 e. The average molecular weight is 328 g/mol. The van der Waals surface area contributed by atoms with Crippen LogP contribution in [-0.4, -0.2) is 37.0 Å². The van der Waals surface area contributed by atoms with Crippen LogP contribution in [-0.2, 0) is 14.3 Å². The third kappa shape index (κ3) is 3.47. The Morgan fingerprint density at radius 1 is 1.53 bits per heavy atom. The van der Waals surface area contributed by atoms with Crippen LogP contribution in [0.15, 0.2) is 27.3 Å². The molecule has 0 aliphatic carbocycles. The van der Waals surface area contributed by atoms with Gasteiger partial charge in [-0.1, -0.05) is 0 Å². The number of methoxy groups -OCH3 is 1. The molecule has 5 nitrogen and oxygen atoms in total. The fourth-order valence-electron chi connectivity index (χ4n) is 2.00. The normalized spacial score (nSPS) is 19.1. The molecule has 2 rings (SSSR count). The molecule has 1 unspecified atom stereocenters. The summed E-state index contributed by atoms with van der Waals surface area (Å²) in [6.45, 7) is 0.989. The zero-order valence-electron chi connectivity index (χ0n) is 10.5. The van der Waals surface area contributed by atoms with Crippen molar-refractivity contribution in [3.8, 4) is 0 Å². The molecular formula is C13H14BrNO4. The van der Waals surface area contributed by atoms with Gasteiger partial charge in [0.05, 0.1) is 13.0 Å². The monoisotopic (exact) mass is 327 g/mol. The van der Waals surface area contributed by atoms with Crippen LogP contribution >= 0.6 is 15.9 Å². The van der Waals surface area contributed by atoms with Gasteiger partial charge in [0.25, 0.3) is 0 Å². The summed E-state index contributed by atoms with van der Waals surface area (Å²) in [6, 6.07) is 3.52. The maximum absolute atomic E-state index is 11.9. The van der Waals surface area contributed by atoms with Gasteiger partial charge in [-0.2, -0.15) is 0 Å². The Hall–Kier alpha value is -1.56. The van der Waals surface area contributed by atoms with Crippen LogP contribution in [0, 0.1) is 5.92 Å². The van der Waals surface area contributed by atoms with E-state index in [-0.39, 0.29) is 17.8 Å². The second-order valence-electron chi connectivity index (χ2n) is 4.27. The van der Waals surface area contributed by atoms with Gasteiger partial charge in [-0.3, -0.25) is 9.59 Å². The molecule has 102 valence electrons. The summed E-state index contributed by atoms with van der Waals surface area (Å²) in [5, 5.41) is 0. The number of esters is 1. The van der Waals surface area contributed by atoms with Gasteiger partial charge in [0.2, 0.25) is 5.91 Å². The number of hydrogen-bond acceptors (Lipinski definition) is 4. The minimum atomic E-state index is -0.255. The summed E-state index contributed by atoms with van der Waals surface area (Å²) in [7, 11) is 1.36. The first-order valence-corrected chi connectivity index (χ1v) is 6.69. The Kier molecular flexibility index (Phi) is 4.42.